The second-order valence-electron chi connectivity index (χ2n) is 6.64. The maximum Gasteiger partial charge on any atom is 0.300 e. The van der Waals surface area contributed by atoms with Gasteiger partial charge in [0.15, 0.2) is 10.9 Å². The van der Waals surface area contributed by atoms with E-state index in [-0.39, 0.29) is 22.7 Å². The van der Waals surface area contributed by atoms with Crippen molar-refractivity contribution < 1.29 is 4.79 Å². The number of thioether (sulfide) groups is 1. The van der Waals surface area contributed by atoms with Crippen LogP contribution < -0.4 is 5.56 Å². The summed E-state index contributed by atoms with van der Waals surface area (Å²) in [6.45, 7) is 4.03. The van der Waals surface area contributed by atoms with Gasteiger partial charge in [0, 0.05) is 28.7 Å². The number of halogens is 1. The molecule has 4 aromatic rings. The average molecular weight is 425 g/mol. The molecule has 2 aromatic heterocycles. The molecular weight excluding hydrogens is 408 g/mol. The molecule has 0 saturated heterocycles. The number of carbonyl (C=O) groups is 1. The van der Waals surface area contributed by atoms with E-state index < -0.39 is 0 Å². The summed E-state index contributed by atoms with van der Waals surface area (Å²) in [4.78, 5) is 25.3. The summed E-state index contributed by atoms with van der Waals surface area (Å²) < 4.78 is 3.15. The molecule has 4 rings (SSSR count). The Hall–Kier alpha value is -2.90. The third kappa shape index (κ3) is 3.83. The second-order valence-corrected chi connectivity index (χ2v) is 8.02. The fourth-order valence-corrected chi connectivity index (χ4v) is 3.92. The van der Waals surface area contributed by atoms with E-state index in [0.717, 1.165) is 16.8 Å². The lowest BCUT2D eigenvalue weighted by Crippen LogP contribution is -2.20. The van der Waals surface area contributed by atoms with Crippen LogP contribution in [0.2, 0.25) is 5.02 Å². The minimum Gasteiger partial charge on any atom is -0.293 e. The zero-order valence-electron chi connectivity index (χ0n) is 15.8. The van der Waals surface area contributed by atoms with Gasteiger partial charge >= 0.3 is 5.56 Å². The molecule has 0 radical (unpaired) electrons. The van der Waals surface area contributed by atoms with Gasteiger partial charge in [0.2, 0.25) is 5.65 Å². The zero-order valence-corrected chi connectivity index (χ0v) is 17.4. The smallest absolute Gasteiger partial charge is 0.293 e. The van der Waals surface area contributed by atoms with Crippen LogP contribution in [0, 0.1) is 13.8 Å². The van der Waals surface area contributed by atoms with Crippen LogP contribution in [0.5, 0.6) is 0 Å². The molecule has 8 heteroatoms. The maximum atomic E-state index is 12.9. The zero-order chi connectivity index (χ0) is 20.5. The Balaban J connectivity index is 1.61. The Morgan fingerprint density at radius 3 is 2.66 bits per heavy atom. The summed E-state index contributed by atoms with van der Waals surface area (Å²) in [6.07, 6.45) is 3.42. The fraction of sp³-hybridized carbons (Fsp3) is 0.143. The van der Waals surface area contributed by atoms with Crippen molar-refractivity contribution in [3.05, 3.63) is 86.9 Å². The summed E-state index contributed by atoms with van der Waals surface area (Å²) in [5.74, 6) is 0.0965. The van der Waals surface area contributed by atoms with E-state index in [9.17, 15) is 9.59 Å². The Kier molecular flexibility index (Phi) is 5.25. The van der Waals surface area contributed by atoms with E-state index >= 15 is 0 Å². The van der Waals surface area contributed by atoms with Crippen molar-refractivity contribution in [2.75, 3.05) is 5.75 Å². The van der Waals surface area contributed by atoms with Gasteiger partial charge in [-0.25, -0.2) is 0 Å². The molecule has 0 amide bonds. The van der Waals surface area contributed by atoms with Crippen LogP contribution in [0.1, 0.15) is 21.5 Å². The maximum absolute atomic E-state index is 12.9. The van der Waals surface area contributed by atoms with E-state index in [4.69, 9.17) is 11.6 Å². The van der Waals surface area contributed by atoms with E-state index in [2.05, 4.69) is 10.2 Å². The molecule has 0 unspecified atom stereocenters. The summed E-state index contributed by atoms with van der Waals surface area (Å²) in [7, 11) is 0. The molecule has 6 nitrogen and oxygen atoms in total. The average Bonchev–Trinajstić information content (AvgIpc) is 3.12. The number of hydrogen-bond acceptors (Lipinski definition) is 5. The number of aromatic nitrogens is 4. The third-order valence-electron chi connectivity index (χ3n) is 4.69. The monoisotopic (exact) mass is 424 g/mol. The second kappa shape index (κ2) is 7.85. The minimum atomic E-state index is -0.267. The Bertz CT molecular complexity index is 1300. The van der Waals surface area contributed by atoms with Crippen LogP contribution in [0.25, 0.3) is 11.3 Å². The molecule has 0 spiro atoms. The first kappa shape index (κ1) is 19.4. The van der Waals surface area contributed by atoms with Crippen molar-refractivity contribution in [2.24, 2.45) is 0 Å². The predicted molar refractivity (Wildman–Crippen MR) is 115 cm³/mol. The van der Waals surface area contributed by atoms with Crippen LogP contribution in [0.4, 0.5) is 0 Å². The highest BCUT2D eigenvalue weighted by atomic mass is 35.5. The van der Waals surface area contributed by atoms with Crippen LogP contribution in [0.3, 0.4) is 0 Å². The quantitative estimate of drug-likeness (QED) is 0.356. The Morgan fingerprint density at radius 2 is 1.90 bits per heavy atom. The third-order valence-corrected chi connectivity index (χ3v) is 5.87. The highest BCUT2D eigenvalue weighted by molar-refractivity contribution is 7.99. The van der Waals surface area contributed by atoms with Crippen LogP contribution in [0.15, 0.2) is 64.8 Å². The van der Waals surface area contributed by atoms with Gasteiger partial charge in [-0.05, 0) is 49.2 Å². The standard InChI is InChI=1S/C21H17ClN4O2S/c1-13-6-7-17(10-14(13)2)25-8-9-26-19(20(25)28)23-24-21(26)29-12-18(27)15-4-3-5-16(22)11-15/h3-11H,12H2,1-2H3. The molecule has 0 aliphatic carbocycles. The number of rotatable bonds is 5. The molecule has 0 bridgehead atoms. The number of nitrogens with zero attached hydrogens (tertiary/aromatic N) is 4. The molecule has 29 heavy (non-hydrogen) atoms. The summed E-state index contributed by atoms with van der Waals surface area (Å²) >= 11 is 7.17. The number of benzene rings is 2. The topological polar surface area (TPSA) is 69.3 Å². The van der Waals surface area contributed by atoms with Gasteiger partial charge in [-0.1, -0.05) is 41.6 Å². The minimum absolute atomic E-state index is 0.0716. The van der Waals surface area contributed by atoms with Crippen LogP contribution >= 0.6 is 23.4 Å². The lowest BCUT2D eigenvalue weighted by molar-refractivity contribution is 0.102. The number of aryl methyl sites for hydroxylation is 2. The highest BCUT2D eigenvalue weighted by Crippen LogP contribution is 2.19. The summed E-state index contributed by atoms with van der Waals surface area (Å²) in [5.41, 5.74) is 3.52. The fourth-order valence-electron chi connectivity index (χ4n) is 2.92. The largest absolute Gasteiger partial charge is 0.300 e. The van der Waals surface area contributed by atoms with Gasteiger partial charge in [0.25, 0.3) is 0 Å². The molecule has 146 valence electrons. The van der Waals surface area contributed by atoms with Crippen molar-refractivity contribution >= 4 is 34.8 Å². The first-order valence-corrected chi connectivity index (χ1v) is 10.3. The summed E-state index contributed by atoms with van der Waals surface area (Å²) in [6, 6.07) is 12.7. The molecule has 0 aliphatic rings. The van der Waals surface area contributed by atoms with Crippen LogP contribution in [-0.4, -0.2) is 30.7 Å². The van der Waals surface area contributed by atoms with E-state index in [1.54, 1.807) is 45.6 Å². The summed E-state index contributed by atoms with van der Waals surface area (Å²) in [5, 5.41) is 9.13. The van der Waals surface area contributed by atoms with Crippen LogP contribution in [-0.2, 0) is 0 Å². The van der Waals surface area contributed by atoms with Gasteiger partial charge < -0.3 is 0 Å². The predicted octanol–water partition coefficient (Wildman–Crippen LogP) is 4.13. The van der Waals surface area contributed by atoms with E-state index in [1.165, 1.54) is 11.8 Å². The SMILES string of the molecule is Cc1ccc(-n2ccn3c(SCC(=O)c4cccc(Cl)c4)nnc3c2=O)cc1C. The van der Waals surface area contributed by atoms with Gasteiger partial charge in [-0.2, -0.15) is 0 Å². The van der Waals surface area contributed by atoms with Crippen molar-refractivity contribution in [3.63, 3.8) is 0 Å². The molecule has 0 aliphatic heterocycles. The first-order chi connectivity index (χ1) is 13.9. The van der Waals surface area contributed by atoms with Crippen molar-refractivity contribution in [1.82, 2.24) is 19.2 Å². The lowest BCUT2D eigenvalue weighted by atomic mass is 10.1. The highest BCUT2D eigenvalue weighted by Gasteiger charge is 2.14. The lowest BCUT2D eigenvalue weighted by Gasteiger charge is -2.08. The molecule has 0 atom stereocenters. The van der Waals surface area contributed by atoms with Gasteiger partial charge in [0.1, 0.15) is 0 Å². The van der Waals surface area contributed by atoms with E-state index in [1.807, 2.05) is 32.0 Å². The van der Waals surface area contributed by atoms with Crippen molar-refractivity contribution in [2.45, 2.75) is 19.0 Å². The number of hydrogen-bond donors (Lipinski definition) is 0. The number of Topliss-reactive ketones (excluding diaryl/α,β-unsaturated/α-hetero) is 1. The van der Waals surface area contributed by atoms with Gasteiger partial charge in [-0.3, -0.25) is 18.6 Å². The van der Waals surface area contributed by atoms with Gasteiger partial charge in [-0.15, -0.1) is 10.2 Å². The normalized spacial score (nSPS) is 11.1. The number of carbonyl (C=O) groups excluding carboxylic acids is 1. The Morgan fingerprint density at radius 1 is 1.07 bits per heavy atom. The van der Waals surface area contributed by atoms with E-state index in [0.29, 0.717) is 15.7 Å². The molecule has 2 aromatic carbocycles. The molecular formula is C21H17ClN4O2S. The van der Waals surface area contributed by atoms with Crippen molar-refractivity contribution in [1.29, 1.82) is 0 Å². The van der Waals surface area contributed by atoms with Gasteiger partial charge in [0.05, 0.1) is 5.75 Å². The Labute approximate surface area is 176 Å². The number of fused-ring (bicyclic) bond motifs is 1. The molecule has 0 fully saturated rings. The first-order valence-electron chi connectivity index (χ1n) is 8.89. The molecule has 2 heterocycles. The molecule has 0 N–H and O–H groups in total. The molecule has 0 saturated carbocycles. The number of ketones is 1. The van der Waals surface area contributed by atoms with Crippen molar-refractivity contribution in [3.8, 4) is 5.69 Å².